The summed E-state index contributed by atoms with van der Waals surface area (Å²) >= 11 is 6.43. The Balaban J connectivity index is 1.43. The van der Waals surface area contributed by atoms with Crippen molar-refractivity contribution in [2.24, 2.45) is 11.8 Å². The molecule has 2 saturated heterocycles. The summed E-state index contributed by atoms with van der Waals surface area (Å²) in [7, 11) is 1.67. The molecular weight excluding hydrogens is 430 g/mol. The number of anilines is 2. The van der Waals surface area contributed by atoms with Crippen molar-refractivity contribution in [1.29, 1.82) is 0 Å². The van der Waals surface area contributed by atoms with Gasteiger partial charge in [0.25, 0.3) is 0 Å². The van der Waals surface area contributed by atoms with Crippen molar-refractivity contribution < 1.29 is 14.3 Å². The number of pyridine rings is 2. The number of nitrogens with zero attached hydrogens (tertiary/aromatic N) is 2. The summed E-state index contributed by atoms with van der Waals surface area (Å²) in [6.07, 6.45) is 4.39. The lowest BCUT2D eigenvalue weighted by molar-refractivity contribution is -0.121. The molecule has 0 spiro atoms. The van der Waals surface area contributed by atoms with E-state index in [0.717, 1.165) is 56.2 Å². The lowest BCUT2D eigenvalue weighted by atomic mass is 9.96. The highest BCUT2D eigenvalue weighted by molar-refractivity contribution is 6.33. The minimum Gasteiger partial charge on any atom is -0.381 e. The molecule has 9 heteroatoms. The van der Waals surface area contributed by atoms with Gasteiger partial charge in [-0.05, 0) is 43.4 Å². The number of ether oxygens (including phenoxy) is 2. The van der Waals surface area contributed by atoms with Crippen LogP contribution in [0.3, 0.4) is 0 Å². The van der Waals surface area contributed by atoms with E-state index in [1.54, 1.807) is 19.4 Å². The van der Waals surface area contributed by atoms with Crippen LogP contribution in [0.15, 0.2) is 30.5 Å². The molecule has 0 aliphatic carbocycles. The van der Waals surface area contributed by atoms with E-state index in [0.29, 0.717) is 29.7 Å². The van der Waals surface area contributed by atoms with E-state index in [2.05, 4.69) is 20.9 Å². The van der Waals surface area contributed by atoms with E-state index < -0.39 is 0 Å². The second-order valence-electron chi connectivity index (χ2n) is 8.33. The zero-order valence-corrected chi connectivity index (χ0v) is 19.0. The second kappa shape index (κ2) is 11.0. The Morgan fingerprint density at radius 2 is 2.12 bits per heavy atom. The Kier molecular flexibility index (Phi) is 7.91. The third kappa shape index (κ3) is 5.95. The molecule has 2 aromatic heterocycles. The van der Waals surface area contributed by atoms with Gasteiger partial charge < -0.3 is 25.4 Å². The highest BCUT2D eigenvalue weighted by Gasteiger charge is 2.27. The average molecular weight is 460 g/mol. The van der Waals surface area contributed by atoms with Gasteiger partial charge in [-0.3, -0.25) is 4.79 Å². The number of carbonyl (C=O) groups excluding carboxylic acids is 1. The van der Waals surface area contributed by atoms with Gasteiger partial charge in [0.1, 0.15) is 11.6 Å². The number of hydrogen-bond acceptors (Lipinski definition) is 7. The molecule has 32 heavy (non-hydrogen) atoms. The Bertz CT molecular complexity index is 922. The number of methoxy groups -OCH3 is 1. The quantitative estimate of drug-likeness (QED) is 0.584. The van der Waals surface area contributed by atoms with Crippen molar-refractivity contribution in [2.75, 3.05) is 50.6 Å². The third-order valence-corrected chi connectivity index (χ3v) is 6.36. The van der Waals surface area contributed by atoms with Gasteiger partial charge in [0.05, 0.1) is 22.7 Å². The number of amides is 1. The number of carbonyl (C=O) groups is 1. The first kappa shape index (κ1) is 22.9. The lowest BCUT2D eigenvalue weighted by Gasteiger charge is -2.28. The van der Waals surface area contributed by atoms with Crippen LogP contribution in [0.2, 0.25) is 5.02 Å². The smallest absolute Gasteiger partial charge is 0.230 e. The summed E-state index contributed by atoms with van der Waals surface area (Å²) in [6.45, 7) is 3.89. The Hall–Kier alpha value is -2.26. The van der Waals surface area contributed by atoms with Crippen molar-refractivity contribution in [3.05, 3.63) is 35.5 Å². The predicted molar refractivity (Wildman–Crippen MR) is 125 cm³/mol. The van der Waals surface area contributed by atoms with Crippen LogP contribution in [-0.4, -0.2) is 61.9 Å². The summed E-state index contributed by atoms with van der Waals surface area (Å²) < 4.78 is 10.8. The van der Waals surface area contributed by atoms with Crippen LogP contribution in [-0.2, 0) is 14.3 Å². The first-order chi connectivity index (χ1) is 15.6. The molecule has 2 aromatic rings. The van der Waals surface area contributed by atoms with E-state index >= 15 is 0 Å². The lowest BCUT2D eigenvalue weighted by Crippen LogP contribution is -2.44. The molecule has 3 N–H and O–H groups in total. The second-order valence-corrected chi connectivity index (χ2v) is 8.74. The minimum absolute atomic E-state index is 0.0359. The average Bonchev–Trinajstić information content (AvgIpc) is 2.84. The Morgan fingerprint density at radius 1 is 1.28 bits per heavy atom. The van der Waals surface area contributed by atoms with E-state index in [9.17, 15) is 4.79 Å². The molecule has 8 nitrogen and oxygen atoms in total. The fourth-order valence-electron chi connectivity index (χ4n) is 4.10. The van der Waals surface area contributed by atoms with Crippen LogP contribution in [0.1, 0.15) is 19.3 Å². The largest absolute Gasteiger partial charge is 0.381 e. The van der Waals surface area contributed by atoms with Crippen LogP contribution in [0.5, 0.6) is 0 Å². The fraction of sp³-hybridized carbons (Fsp3) is 0.522. The maximum absolute atomic E-state index is 12.7. The van der Waals surface area contributed by atoms with Gasteiger partial charge in [0.15, 0.2) is 0 Å². The van der Waals surface area contributed by atoms with Gasteiger partial charge in [-0.2, -0.15) is 0 Å². The minimum atomic E-state index is -0.175. The predicted octanol–water partition coefficient (Wildman–Crippen LogP) is 3.20. The fourth-order valence-corrected chi connectivity index (χ4v) is 4.30. The van der Waals surface area contributed by atoms with Crippen LogP contribution in [0, 0.1) is 11.8 Å². The first-order valence-corrected chi connectivity index (χ1v) is 11.5. The van der Waals surface area contributed by atoms with Gasteiger partial charge in [-0.25, -0.2) is 9.97 Å². The molecule has 172 valence electrons. The third-order valence-electron chi connectivity index (χ3n) is 6.06. The molecule has 2 aliphatic rings. The number of piperidine rings is 1. The summed E-state index contributed by atoms with van der Waals surface area (Å²) in [5.41, 5.74) is 1.45. The van der Waals surface area contributed by atoms with E-state index in [1.807, 2.05) is 18.2 Å². The van der Waals surface area contributed by atoms with E-state index in [-0.39, 0.29) is 17.9 Å². The highest BCUT2D eigenvalue weighted by Crippen LogP contribution is 2.29. The molecule has 0 radical (unpaired) electrons. The maximum Gasteiger partial charge on any atom is 0.230 e. The topological polar surface area (TPSA) is 97.4 Å². The van der Waals surface area contributed by atoms with Crippen molar-refractivity contribution in [3.63, 3.8) is 0 Å². The molecule has 0 bridgehead atoms. The zero-order valence-electron chi connectivity index (χ0n) is 18.3. The molecule has 2 atom stereocenters. The normalized spacial score (nSPS) is 21.8. The maximum atomic E-state index is 12.7. The summed E-state index contributed by atoms with van der Waals surface area (Å²) in [5, 5.41) is 10.1. The van der Waals surface area contributed by atoms with Crippen molar-refractivity contribution in [1.82, 2.24) is 15.3 Å². The van der Waals surface area contributed by atoms with Crippen molar-refractivity contribution >= 4 is 29.1 Å². The summed E-state index contributed by atoms with van der Waals surface area (Å²) in [6, 6.07) is 7.57. The molecular formula is C23H30ClN5O3. The Labute approximate surface area is 193 Å². The van der Waals surface area contributed by atoms with Crippen LogP contribution >= 0.6 is 11.6 Å². The SMILES string of the molecule is CO[C@@H]1CNC[C@H](C(=O)Nc2cc(-c3cccc(NCC4CCOCC4)n3)c(Cl)cn2)C1. The number of rotatable bonds is 7. The van der Waals surface area contributed by atoms with Gasteiger partial charge >= 0.3 is 0 Å². The standard InChI is InChI=1S/C23H30ClN5O3/c1-31-17-9-16(12-25-13-17)23(30)29-22-10-18(19(24)14-27-22)20-3-2-4-21(28-20)26-11-15-5-7-32-8-6-15/h2-4,10,14-17,25H,5-9,11-13H2,1H3,(H,26,28)(H,27,29,30)/t16-,17+/m1/s1. The number of aromatic nitrogens is 2. The zero-order chi connectivity index (χ0) is 22.3. The van der Waals surface area contributed by atoms with Gasteiger partial charge in [0.2, 0.25) is 5.91 Å². The van der Waals surface area contributed by atoms with Crippen LogP contribution < -0.4 is 16.0 Å². The van der Waals surface area contributed by atoms with Crippen molar-refractivity contribution in [2.45, 2.75) is 25.4 Å². The van der Waals surface area contributed by atoms with Crippen LogP contribution in [0.4, 0.5) is 11.6 Å². The van der Waals surface area contributed by atoms with Crippen LogP contribution in [0.25, 0.3) is 11.3 Å². The molecule has 0 aromatic carbocycles. The van der Waals surface area contributed by atoms with Gasteiger partial charge in [0, 0.05) is 51.7 Å². The van der Waals surface area contributed by atoms with Gasteiger partial charge in [-0.15, -0.1) is 0 Å². The molecule has 4 rings (SSSR count). The van der Waals surface area contributed by atoms with E-state index in [1.165, 1.54) is 0 Å². The molecule has 2 fully saturated rings. The van der Waals surface area contributed by atoms with Gasteiger partial charge in [-0.1, -0.05) is 17.7 Å². The molecule has 2 aliphatic heterocycles. The number of hydrogen-bond donors (Lipinski definition) is 3. The van der Waals surface area contributed by atoms with Crippen molar-refractivity contribution in [3.8, 4) is 11.3 Å². The number of nitrogens with one attached hydrogen (secondary N) is 3. The number of halogens is 1. The monoisotopic (exact) mass is 459 g/mol. The highest BCUT2D eigenvalue weighted by atomic mass is 35.5. The molecule has 1 amide bonds. The molecule has 4 heterocycles. The Morgan fingerprint density at radius 3 is 2.94 bits per heavy atom. The summed E-state index contributed by atoms with van der Waals surface area (Å²) in [4.78, 5) is 21.8. The molecule has 0 saturated carbocycles. The first-order valence-electron chi connectivity index (χ1n) is 11.1. The molecule has 0 unspecified atom stereocenters. The van der Waals surface area contributed by atoms with E-state index in [4.69, 9.17) is 26.1 Å². The summed E-state index contributed by atoms with van der Waals surface area (Å²) in [5.74, 6) is 1.58.